The summed E-state index contributed by atoms with van der Waals surface area (Å²) in [6, 6.07) is 19.4. The van der Waals surface area contributed by atoms with Gasteiger partial charge in [-0.2, -0.15) is 10.2 Å². The van der Waals surface area contributed by atoms with Crippen LogP contribution in [0, 0.1) is 23.7 Å². The normalized spacial score (nSPS) is 30.2. The third-order valence-corrected chi connectivity index (χ3v) is 5.79. The first-order valence-corrected chi connectivity index (χ1v) is 9.37. The summed E-state index contributed by atoms with van der Waals surface area (Å²) in [6.07, 6.45) is 9.62. The molecule has 4 saturated carbocycles. The van der Waals surface area contributed by atoms with Gasteiger partial charge in [0.1, 0.15) is 0 Å². The molecule has 4 aliphatic carbocycles. The highest BCUT2D eigenvalue weighted by molar-refractivity contribution is 5.39. The number of hydrogen-bond acceptors (Lipinski definition) is 2. The summed E-state index contributed by atoms with van der Waals surface area (Å²) in [5.74, 6) is 4.71. The van der Waals surface area contributed by atoms with E-state index >= 15 is 0 Å². The molecule has 2 heteroatoms. The molecule has 0 aromatic heterocycles. The zero-order chi connectivity index (χ0) is 16.2. The van der Waals surface area contributed by atoms with Crippen molar-refractivity contribution in [3.63, 3.8) is 0 Å². The lowest BCUT2D eigenvalue weighted by Crippen LogP contribution is -2.38. The van der Waals surface area contributed by atoms with E-state index in [-0.39, 0.29) is 0 Å². The summed E-state index contributed by atoms with van der Waals surface area (Å²) in [5, 5.41) is 8.20. The molecule has 0 radical (unpaired) electrons. The van der Waals surface area contributed by atoms with Gasteiger partial charge in [-0.25, -0.2) is 0 Å². The lowest BCUT2D eigenvalue weighted by Gasteiger charge is -2.49. The van der Waals surface area contributed by atoms with Gasteiger partial charge in [0.05, 0.1) is 11.4 Å². The van der Waals surface area contributed by atoms with Crippen molar-refractivity contribution < 1.29 is 0 Å². The fourth-order valence-electron chi connectivity index (χ4n) is 5.09. The van der Waals surface area contributed by atoms with Crippen molar-refractivity contribution in [3.05, 3.63) is 60.7 Å². The number of rotatable bonds is 2. The molecule has 6 rings (SSSR count). The van der Waals surface area contributed by atoms with E-state index in [9.17, 15) is 0 Å². The van der Waals surface area contributed by atoms with Gasteiger partial charge in [0.25, 0.3) is 0 Å². The Kier molecular flexibility index (Phi) is 4.73. The molecule has 0 N–H and O–H groups in total. The van der Waals surface area contributed by atoms with E-state index in [2.05, 4.69) is 10.2 Å². The van der Waals surface area contributed by atoms with Gasteiger partial charge in [-0.3, -0.25) is 0 Å². The molecule has 0 aliphatic heterocycles. The van der Waals surface area contributed by atoms with Crippen molar-refractivity contribution in [1.82, 2.24) is 0 Å². The van der Waals surface area contributed by atoms with Crippen LogP contribution in [0.25, 0.3) is 0 Å². The SMILES string of the molecule is C1C2CC3CC1CC(C2)C3.c1ccc(N=Nc2ccccc2)cc1. The van der Waals surface area contributed by atoms with E-state index in [1.807, 2.05) is 60.7 Å². The standard InChI is InChI=1S/C12H10N2.C10H16/c1-3-7-11(8-4-1)13-14-12-9-5-2-6-10-12;1-7-2-9-4-8(1)5-10(3-7)6-9/h1-10H;7-10H,1-6H2. The molecule has 0 heterocycles. The van der Waals surface area contributed by atoms with Crippen molar-refractivity contribution in [2.75, 3.05) is 0 Å². The summed E-state index contributed by atoms with van der Waals surface area (Å²) in [5.41, 5.74) is 1.74. The second-order valence-corrected chi connectivity index (χ2v) is 7.75. The predicted molar refractivity (Wildman–Crippen MR) is 98.7 cm³/mol. The van der Waals surface area contributed by atoms with Gasteiger partial charge in [0.15, 0.2) is 0 Å². The summed E-state index contributed by atoms with van der Waals surface area (Å²) < 4.78 is 0. The molecule has 0 unspecified atom stereocenters. The van der Waals surface area contributed by atoms with Crippen LogP contribution in [0.1, 0.15) is 38.5 Å². The monoisotopic (exact) mass is 318 g/mol. The van der Waals surface area contributed by atoms with E-state index in [0.29, 0.717) is 0 Å². The molecule has 124 valence electrons. The van der Waals surface area contributed by atoms with Crippen molar-refractivity contribution in [1.29, 1.82) is 0 Å². The maximum atomic E-state index is 4.10. The molecule has 2 nitrogen and oxygen atoms in total. The smallest absolute Gasteiger partial charge is 0.0857 e. The van der Waals surface area contributed by atoms with Gasteiger partial charge in [-0.05, 0) is 86.5 Å². The molecule has 0 atom stereocenters. The Bertz CT molecular complexity index is 565. The zero-order valence-electron chi connectivity index (χ0n) is 14.2. The molecule has 4 bridgehead atoms. The second-order valence-electron chi connectivity index (χ2n) is 7.75. The Morgan fingerprint density at radius 1 is 0.458 bits per heavy atom. The quantitative estimate of drug-likeness (QED) is 0.536. The Morgan fingerprint density at radius 2 is 0.750 bits per heavy atom. The van der Waals surface area contributed by atoms with Gasteiger partial charge in [-0.15, -0.1) is 0 Å². The van der Waals surface area contributed by atoms with Crippen LogP contribution in [0.15, 0.2) is 70.9 Å². The number of nitrogens with zero attached hydrogens (tertiary/aromatic N) is 2. The number of hydrogen-bond donors (Lipinski definition) is 0. The first-order valence-electron chi connectivity index (χ1n) is 9.37. The molecule has 2 aromatic rings. The van der Waals surface area contributed by atoms with Gasteiger partial charge in [0.2, 0.25) is 0 Å². The molecular weight excluding hydrogens is 292 g/mol. The fraction of sp³-hybridized carbons (Fsp3) is 0.455. The molecule has 2 aromatic carbocycles. The average Bonchev–Trinajstić information content (AvgIpc) is 2.61. The Labute approximate surface area is 145 Å². The van der Waals surface area contributed by atoms with Crippen LogP contribution >= 0.6 is 0 Å². The van der Waals surface area contributed by atoms with Gasteiger partial charge >= 0.3 is 0 Å². The summed E-state index contributed by atoms with van der Waals surface area (Å²) in [4.78, 5) is 0. The first-order chi connectivity index (χ1) is 11.8. The minimum atomic E-state index is 0.872. The summed E-state index contributed by atoms with van der Waals surface area (Å²) in [6.45, 7) is 0. The fourth-order valence-corrected chi connectivity index (χ4v) is 5.09. The van der Waals surface area contributed by atoms with Crippen molar-refractivity contribution in [2.24, 2.45) is 33.9 Å². The highest BCUT2D eigenvalue weighted by Gasteiger charge is 2.41. The lowest BCUT2D eigenvalue weighted by molar-refractivity contribution is 0.0198. The van der Waals surface area contributed by atoms with Crippen LogP contribution in [-0.4, -0.2) is 0 Å². The molecule has 4 aliphatic rings. The van der Waals surface area contributed by atoms with E-state index in [0.717, 1.165) is 11.4 Å². The Hall–Kier alpha value is -1.96. The molecular formula is C22H26N2. The largest absolute Gasteiger partial charge is 0.151 e. The predicted octanol–water partition coefficient (Wildman–Crippen LogP) is 6.93. The van der Waals surface area contributed by atoms with Crippen molar-refractivity contribution in [3.8, 4) is 0 Å². The summed E-state index contributed by atoms with van der Waals surface area (Å²) >= 11 is 0. The van der Waals surface area contributed by atoms with E-state index in [1.54, 1.807) is 38.5 Å². The van der Waals surface area contributed by atoms with Crippen molar-refractivity contribution >= 4 is 11.4 Å². The topological polar surface area (TPSA) is 24.7 Å². The first kappa shape index (κ1) is 15.6. The number of azo groups is 1. The van der Waals surface area contributed by atoms with E-state index < -0.39 is 0 Å². The van der Waals surface area contributed by atoms with E-state index in [4.69, 9.17) is 0 Å². The van der Waals surface area contributed by atoms with Crippen molar-refractivity contribution in [2.45, 2.75) is 38.5 Å². The molecule has 4 fully saturated rings. The molecule has 0 saturated heterocycles. The van der Waals surface area contributed by atoms with Gasteiger partial charge < -0.3 is 0 Å². The lowest BCUT2D eigenvalue weighted by atomic mass is 9.56. The van der Waals surface area contributed by atoms with Gasteiger partial charge in [0, 0.05) is 0 Å². The maximum Gasteiger partial charge on any atom is 0.0857 e. The zero-order valence-corrected chi connectivity index (χ0v) is 14.2. The minimum Gasteiger partial charge on any atom is -0.151 e. The van der Waals surface area contributed by atoms with Crippen LogP contribution in [0.5, 0.6) is 0 Å². The molecule has 24 heavy (non-hydrogen) atoms. The molecule has 0 amide bonds. The molecule has 0 spiro atoms. The average molecular weight is 318 g/mol. The maximum absolute atomic E-state index is 4.10. The third-order valence-electron chi connectivity index (χ3n) is 5.79. The third kappa shape index (κ3) is 3.92. The van der Waals surface area contributed by atoms with E-state index in [1.165, 1.54) is 23.7 Å². The second kappa shape index (κ2) is 7.29. The Balaban J connectivity index is 0.000000127. The van der Waals surface area contributed by atoms with Crippen LogP contribution in [-0.2, 0) is 0 Å². The Morgan fingerprint density at radius 3 is 1.04 bits per heavy atom. The van der Waals surface area contributed by atoms with Crippen LogP contribution < -0.4 is 0 Å². The van der Waals surface area contributed by atoms with Crippen LogP contribution in [0.2, 0.25) is 0 Å². The van der Waals surface area contributed by atoms with Gasteiger partial charge in [-0.1, -0.05) is 36.4 Å². The van der Waals surface area contributed by atoms with Crippen LogP contribution in [0.4, 0.5) is 11.4 Å². The highest BCUT2D eigenvalue weighted by atomic mass is 15.1. The van der Waals surface area contributed by atoms with Crippen LogP contribution in [0.3, 0.4) is 0 Å². The minimum absolute atomic E-state index is 0.872. The summed E-state index contributed by atoms with van der Waals surface area (Å²) in [7, 11) is 0. The number of benzene rings is 2. The highest BCUT2D eigenvalue weighted by Crippen LogP contribution is 2.53.